The first-order valence-corrected chi connectivity index (χ1v) is 6.20. The Kier molecular flexibility index (Phi) is 2.31. The molecule has 0 aliphatic heterocycles. The van der Waals surface area contributed by atoms with Crippen LogP contribution in [-0.4, -0.2) is 5.11 Å². The summed E-state index contributed by atoms with van der Waals surface area (Å²) in [6.07, 6.45) is 0. The van der Waals surface area contributed by atoms with Crippen LogP contribution < -0.4 is 5.43 Å². The Hall–Kier alpha value is -1.58. The summed E-state index contributed by atoms with van der Waals surface area (Å²) in [5.41, 5.74) is -0.0906. The molecule has 0 spiro atoms. The highest BCUT2D eigenvalue weighted by Crippen LogP contribution is 2.28. The third-order valence-corrected chi connectivity index (χ3v) is 4.00. The lowest BCUT2D eigenvalue weighted by Gasteiger charge is -2.01. The Morgan fingerprint density at radius 2 is 1.65 bits per heavy atom. The van der Waals surface area contributed by atoms with Gasteiger partial charge in [-0.15, -0.1) is 11.3 Å². The maximum atomic E-state index is 12.2. The summed E-state index contributed by atoms with van der Waals surface area (Å²) in [7, 11) is 0. The Morgan fingerprint density at radius 3 is 2.41 bits per heavy atom. The van der Waals surface area contributed by atoms with E-state index in [2.05, 4.69) is 0 Å². The maximum absolute atomic E-state index is 12.2. The molecule has 3 rings (SSSR count). The number of phenolic OH excluding ortho intramolecular Hbond substituents is 1. The summed E-state index contributed by atoms with van der Waals surface area (Å²) in [4.78, 5) is 12.2. The molecule has 4 heteroatoms. The second-order valence-corrected chi connectivity index (χ2v) is 5.27. The number of halogens is 1. The summed E-state index contributed by atoms with van der Waals surface area (Å²) in [5, 5.41) is 11.1. The van der Waals surface area contributed by atoms with Gasteiger partial charge in [0.2, 0.25) is 0 Å². The zero-order valence-corrected chi connectivity index (χ0v) is 10.2. The molecular formula is C13H7ClO2S. The van der Waals surface area contributed by atoms with Crippen molar-refractivity contribution in [2.75, 3.05) is 0 Å². The predicted octanol–water partition coefficient (Wildman–Crippen LogP) is 3.77. The fraction of sp³-hybridized carbons (Fsp3) is 0. The van der Waals surface area contributed by atoms with E-state index in [9.17, 15) is 9.90 Å². The number of hydrogen-bond acceptors (Lipinski definition) is 3. The molecule has 1 aromatic heterocycles. The lowest BCUT2D eigenvalue weighted by atomic mass is 10.2. The van der Waals surface area contributed by atoms with E-state index in [1.807, 2.05) is 6.07 Å². The van der Waals surface area contributed by atoms with Crippen molar-refractivity contribution in [3.05, 3.63) is 51.6 Å². The molecule has 0 saturated carbocycles. The van der Waals surface area contributed by atoms with E-state index in [-0.39, 0.29) is 11.2 Å². The third kappa shape index (κ3) is 1.68. The smallest absolute Gasteiger partial charge is 0.196 e. The molecule has 0 fully saturated rings. The van der Waals surface area contributed by atoms with Crippen LogP contribution in [0.4, 0.5) is 0 Å². The predicted molar refractivity (Wildman–Crippen MR) is 72.3 cm³/mol. The first-order valence-electron chi connectivity index (χ1n) is 5.00. The van der Waals surface area contributed by atoms with Gasteiger partial charge in [-0.1, -0.05) is 11.6 Å². The number of rotatable bonds is 0. The molecule has 0 saturated heterocycles. The van der Waals surface area contributed by atoms with Crippen molar-refractivity contribution in [3.8, 4) is 5.75 Å². The van der Waals surface area contributed by atoms with Gasteiger partial charge in [0.05, 0.1) is 0 Å². The summed E-state index contributed by atoms with van der Waals surface area (Å²) in [5.74, 6) is 0.100. The molecule has 17 heavy (non-hydrogen) atoms. The monoisotopic (exact) mass is 262 g/mol. The second kappa shape index (κ2) is 3.72. The number of aromatic hydroxyl groups is 1. The number of fused-ring (bicyclic) bond motifs is 2. The third-order valence-electron chi connectivity index (χ3n) is 2.61. The first-order chi connectivity index (χ1) is 8.15. The number of hydrogen-bond donors (Lipinski definition) is 1. The van der Waals surface area contributed by atoms with Crippen LogP contribution in [0.2, 0.25) is 5.02 Å². The number of phenols is 1. The van der Waals surface area contributed by atoms with Crippen LogP contribution in [-0.2, 0) is 0 Å². The van der Waals surface area contributed by atoms with Crippen molar-refractivity contribution in [3.63, 3.8) is 0 Å². The summed E-state index contributed by atoms with van der Waals surface area (Å²) < 4.78 is 1.76. The van der Waals surface area contributed by atoms with E-state index in [0.717, 1.165) is 9.40 Å². The minimum atomic E-state index is -0.0906. The summed E-state index contributed by atoms with van der Waals surface area (Å²) in [6.45, 7) is 0. The van der Waals surface area contributed by atoms with E-state index in [1.54, 1.807) is 24.3 Å². The minimum absolute atomic E-state index is 0.0906. The zero-order valence-electron chi connectivity index (χ0n) is 8.61. The fourth-order valence-electron chi connectivity index (χ4n) is 1.82. The van der Waals surface area contributed by atoms with Gasteiger partial charge in [-0.2, -0.15) is 0 Å². The molecule has 0 aliphatic rings. The van der Waals surface area contributed by atoms with Crippen molar-refractivity contribution in [2.45, 2.75) is 0 Å². The van der Waals surface area contributed by atoms with Gasteiger partial charge in [-0.25, -0.2) is 0 Å². The van der Waals surface area contributed by atoms with Gasteiger partial charge in [-0.05, 0) is 36.4 Å². The molecule has 2 aromatic carbocycles. The van der Waals surface area contributed by atoms with E-state index in [0.29, 0.717) is 15.8 Å². The van der Waals surface area contributed by atoms with Crippen LogP contribution >= 0.6 is 22.9 Å². The van der Waals surface area contributed by atoms with Crippen LogP contribution in [0.15, 0.2) is 41.2 Å². The van der Waals surface area contributed by atoms with Gasteiger partial charge in [0.25, 0.3) is 0 Å². The van der Waals surface area contributed by atoms with Gasteiger partial charge in [0.15, 0.2) is 5.43 Å². The van der Waals surface area contributed by atoms with Crippen LogP contribution in [0.25, 0.3) is 20.2 Å². The minimum Gasteiger partial charge on any atom is -0.508 e. The van der Waals surface area contributed by atoms with Gasteiger partial charge >= 0.3 is 0 Å². The maximum Gasteiger partial charge on any atom is 0.196 e. The first kappa shape index (κ1) is 10.6. The van der Waals surface area contributed by atoms with E-state index >= 15 is 0 Å². The van der Waals surface area contributed by atoms with Gasteiger partial charge in [0.1, 0.15) is 5.75 Å². The van der Waals surface area contributed by atoms with Crippen LogP contribution in [0.3, 0.4) is 0 Å². The molecule has 0 bridgehead atoms. The lowest BCUT2D eigenvalue weighted by molar-refractivity contribution is 0.476. The van der Waals surface area contributed by atoms with Crippen LogP contribution in [0.1, 0.15) is 0 Å². The highest BCUT2D eigenvalue weighted by Gasteiger charge is 2.06. The summed E-state index contributed by atoms with van der Waals surface area (Å²) in [6, 6.07) is 10.1. The standard InChI is InChI=1S/C13H7ClO2S/c14-7-1-3-11-9(5-7)13(16)10-6-8(15)2-4-12(10)17-11/h1-6,15H. The van der Waals surface area contributed by atoms with Crippen molar-refractivity contribution >= 4 is 43.1 Å². The van der Waals surface area contributed by atoms with Crippen LogP contribution in [0, 0.1) is 0 Å². The van der Waals surface area contributed by atoms with Crippen LogP contribution in [0.5, 0.6) is 5.75 Å². The molecule has 0 radical (unpaired) electrons. The van der Waals surface area contributed by atoms with Crippen molar-refractivity contribution in [1.29, 1.82) is 0 Å². The van der Waals surface area contributed by atoms with Gasteiger partial charge in [-0.3, -0.25) is 4.79 Å². The van der Waals surface area contributed by atoms with Crippen molar-refractivity contribution in [1.82, 2.24) is 0 Å². The average Bonchev–Trinajstić information content (AvgIpc) is 2.32. The highest BCUT2D eigenvalue weighted by atomic mass is 35.5. The average molecular weight is 263 g/mol. The molecule has 84 valence electrons. The molecule has 0 amide bonds. The molecule has 2 nitrogen and oxygen atoms in total. The fourth-order valence-corrected chi connectivity index (χ4v) is 3.02. The van der Waals surface area contributed by atoms with Gasteiger partial charge < -0.3 is 5.11 Å². The van der Waals surface area contributed by atoms with Gasteiger partial charge in [0, 0.05) is 25.2 Å². The number of benzene rings is 2. The largest absolute Gasteiger partial charge is 0.508 e. The lowest BCUT2D eigenvalue weighted by Crippen LogP contribution is -2.00. The molecule has 1 heterocycles. The molecular weight excluding hydrogens is 256 g/mol. The highest BCUT2D eigenvalue weighted by molar-refractivity contribution is 7.24. The molecule has 0 atom stereocenters. The van der Waals surface area contributed by atoms with Crippen molar-refractivity contribution < 1.29 is 5.11 Å². The molecule has 3 aromatic rings. The second-order valence-electron chi connectivity index (χ2n) is 3.75. The Morgan fingerprint density at radius 1 is 1.00 bits per heavy atom. The Balaban J connectivity index is 2.58. The Labute approximate surface area is 106 Å². The molecule has 0 aliphatic carbocycles. The van der Waals surface area contributed by atoms with E-state index in [4.69, 9.17) is 11.6 Å². The quantitative estimate of drug-likeness (QED) is 0.626. The van der Waals surface area contributed by atoms with Crippen molar-refractivity contribution in [2.24, 2.45) is 0 Å². The topological polar surface area (TPSA) is 37.3 Å². The van der Waals surface area contributed by atoms with E-state index in [1.165, 1.54) is 17.4 Å². The molecule has 0 unspecified atom stereocenters. The summed E-state index contributed by atoms with van der Waals surface area (Å²) >= 11 is 7.40. The SMILES string of the molecule is O=c1c2cc(O)ccc2sc2ccc(Cl)cc12. The zero-order chi connectivity index (χ0) is 12.0. The van der Waals surface area contributed by atoms with E-state index < -0.39 is 0 Å². The molecule has 1 N–H and O–H groups in total. The Bertz CT molecular complexity index is 729. The normalized spacial score (nSPS) is 11.1.